The Kier molecular flexibility index (Phi) is 4.20. The molecule has 2 rings (SSSR count). The molecule has 3 N–H and O–H groups in total. The van der Waals surface area contributed by atoms with Gasteiger partial charge in [0.25, 0.3) is 0 Å². The lowest BCUT2D eigenvalue weighted by atomic mass is 10.4. The highest BCUT2D eigenvalue weighted by Gasteiger charge is 2.16. The van der Waals surface area contributed by atoms with Crippen LogP contribution in [0.25, 0.3) is 0 Å². The number of aromatic nitrogens is 4. The van der Waals surface area contributed by atoms with Crippen molar-refractivity contribution >= 4 is 10.0 Å². The molecule has 0 saturated heterocycles. The summed E-state index contributed by atoms with van der Waals surface area (Å²) < 4.78 is 27.9. The summed E-state index contributed by atoms with van der Waals surface area (Å²) in [7, 11) is -3.59. The molecule has 8 nitrogen and oxygen atoms in total. The smallest absolute Gasteiger partial charge is 0.244 e. The summed E-state index contributed by atoms with van der Waals surface area (Å²) in [6.07, 6.45) is 5.64. The Morgan fingerprint density at radius 2 is 2.26 bits per heavy atom. The highest BCUT2D eigenvalue weighted by Crippen LogP contribution is 2.07. The molecule has 102 valence electrons. The van der Waals surface area contributed by atoms with Gasteiger partial charge in [0.15, 0.2) is 0 Å². The minimum Gasteiger partial charge on any atom is -0.329 e. The molecule has 0 amide bonds. The van der Waals surface area contributed by atoms with Crippen LogP contribution in [0.4, 0.5) is 0 Å². The average Bonchev–Trinajstić information content (AvgIpc) is 2.88. The molecule has 19 heavy (non-hydrogen) atoms. The summed E-state index contributed by atoms with van der Waals surface area (Å²) in [5.74, 6) is 0. The second-order valence-electron chi connectivity index (χ2n) is 3.75. The van der Waals surface area contributed by atoms with Crippen molar-refractivity contribution in [1.82, 2.24) is 24.5 Å². The molecule has 0 bridgehead atoms. The van der Waals surface area contributed by atoms with Crippen LogP contribution in [0.5, 0.6) is 0 Å². The van der Waals surface area contributed by atoms with E-state index in [1.54, 1.807) is 12.3 Å². The van der Waals surface area contributed by atoms with Crippen LogP contribution < -0.4 is 10.5 Å². The van der Waals surface area contributed by atoms with Gasteiger partial charge < -0.3 is 5.73 Å². The first-order valence-corrected chi connectivity index (χ1v) is 7.07. The summed E-state index contributed by atoms with van der Waals surface area (Å²) >= 11 is 0. The third-order valence-electron chi connectivity index (χ3n) is 2.36. The van der Waals surface area contributed by atoms with Gasteiger partial charge in [0, 0.05) is 18.9 Å². The zero-order valence-corrected chi connectivity index (χ0v) is 10.9. The van der Waals surface area contributed by atoms with E-state index in [0.717, 1.165) is 0 Å². The molecule has 0 radical (unpaired) electrons. The van der Waals surface area contributed by atoms with E-state index in [4.69, 9.17) is 5.73 Å². The lowest BCUT2D eigenvalue weighted by Gasteiger charge is -2.03. The first-order chi connectivity index (χ1) is 9.12. The predicted molar refractivity (Wildman–Crippen MR) is 67.3 cm³/mol. The van der Waals surface area contributed by atoms with E-state index in [1.165, 1.54) is 23.4 Å². The number of nitrogens with zero attached hydrogens (tertiary/aromatic N) is 4. The maximum Gasteiger partial charge on any atom is 0.244 e. The quantitative estimate of drug-likeness (QED) is 0.710. The van der Waals surface area contributed by atoms with Crippen LogP contribution >= 0.6 is 0 Å². The first kappa shape index (κ1) is 13.6. The van der Waals surface area contributed by atoms with Crippen LogP contribution in [0.15, 0.2) is 35.9 Å². The van der Waals surface area contributed by atoms with Crippen LogP contribution in [0.1, 0.15) is 5.69 Å². The highest BCUT2D eigenvalue weighted by atomic mass is 32.2. The standard InChI is InChI=1S/C10H14N6O2S/c11-2-4-16-7-10(6-14-16)19(17,18)15-5-9-1-3-12-8-13-9/h1,3,6-8,15H,2,4-5,11H2. The third-order valence-corrected chi connectivity index (χ3v) is 3.72. The topological polar surface area (TPSA) is 116 Å². The minimum atomic E-state index is -3.59. The molecule has 0 aliphatic carbocycles. The van der Waals surface area contributed by atoms with Gasteiger partial charge in [-0.15, -0.1) is 0 Å². The van der Waals surface area contributed by atoms with Gasteiger partial charge in [-0.3, -0.25) is 4.68 Å². The van der Waals surface area contributed by atoms with Gasteiger partial charge in [-0.25, -0.2) is 23.1 Å². The largest absolute Gasteiger partial charge is 0.329 e. The van der Waals surface area contributed by atoms with Crippen LogP contribution in [-0.4, -0.2) is 34.7 Å². The van der Waals surface area contributed by atoms with E-state index in [-0.39, 0.29) is 11.4 Å². The Balaban J connectivity index is 2.05. The molecule has 2 heterocycles. The molecule has 0 unspecified atom stereocenters. The van der Waals surface area contributed by atoms with Crippen molar-refractivity contribution in [2.45, 2.75) is 18.0 Å². The van der Waals surface area contributed by atoms with Gasteiger partial charge in [-0.05, 0) is 6.07 Å². The molecule has 0 aromatic carbocycles. The molecule has 9 heteroatoms. The van der Waals surface area contributed by atoms with E-state index in [2.05, 4.69) is 19.8 Å². The van der Waals surface area contributed by atoms with E-state index < -0.39 is 10.0 Å². The molecule has 0 aliphatic rings. The molecule has 2 aromatic rings. The van der Waals surface area contributed by atoms with Gasteiger partial charge in [0.1, 0.15) is 11.2 Å². The van der Waals surface area contributed by atoms with Crippen molar-refractivity contribution in [1.29, 1.82) is 0 Å². The molecule has 0 aliphatic heterocycles. The zero-order valence-electron chi connectivity index (χ0n) is 10.1. The summed E-state index contributed by atoms with van der Waals surface area (Å²) in [6, 6.07) is 1.64. The van der Waals surface area contributed by atoms with Crippen LogP contribution in [0.3, 0.4) is 0 Å². The second-order valence-corrected chi connectivity index (χ2v) is 5.52. The van der Waals surface area contributed by atoms with Crippen LogP contribution in [0, 0.1) is 0 Å². The maximum atomic E-state index is 12.0. The zero-order chi connectivity index (χ0) is 13.7. The van der Waals surface area contributed by atoms with E-state index in [0.29, 0.717) is 18.8 Å². The summed E-state index contributed by atoms with van der Waals surface area (Å²) in [5, 5.41) is 3.92. The number of nitrogens with two attached hydrogens (primary N) is 1. The maximum absolute atomic E-state index is 12.0. The Morgan fingerprint density at radius 3 is 2.95 bits per heavy atom. The van der Waals surface area contributed by atoms with E-state index in [9.17, 15) is 8.42 Å². The SMILES string of the molecule is NCCn1cc(S(=O)(=O)NCc2ccncn2)cn1. The van der Waals surface area contributed by atoms with Gasteiger partial charge in [0.05, 0.1) is 25.0 Å². The van der Waals surface area contributed by atoms with Crippen molar-refractivity contribution in [2.75, 3.05) is 6.54 Å². The third kappa shape index (κ3) is 3.56. The summed E-state index contributed by atoms with van der Waals surface area (Å²) in [6.45, 7) is 0.976. The lowest BCUT2D eigenvalue weighted by Crippen LogP contribution is -2.23. The molecule has 2 aromatic heterocycles. The fourth-order valence-corrected chi connectivity index (χ4v) is 2.36. The fourth-order valence-electron chi connectivity index (χ4n) is 1.41. The number of rotatable bonds is 6. The fraction of sp³-hybridized carbons (Fsp3) is 0.300. The van der Waals surface area contributed by atoms with Crippen molar-refractivity contribution in [2.24, 2.45) is 5.73 Å². The normalized spacial score (nSPS) is 11.6. The molecule has 0 atom stereocenters. The molecular formula is C10H14N6O2S. The van der Waals surface area contributed by atoms with Crippen LogP contribution in [-0.2, 0) is 23.1 Å². The van der Waals surface area contributed by atoms with E-state index >= 15 is 0 Å². The van der Waals surface area contributed by atoms with Gasteiger partial charge in [0.2, 0.25) is 10.0 Å². The average molecular weight is 282 g/mol. The molecule has 0 saturated carbocycles. The minimum absolute atomic E-state index is 0.104. The molecular weight excluding hydrogens is 268 g/mol. The number of sulfonamides is 1. The predicted octanol–water partition coefficient (Wildman–Crippen LogP) is -0.890. The highest BCUT2D eigenvalue weighted by molar-refractivity contribution is 7.89. The van der Waals surface area contributed by atoms with Crippen molar-refractivity contribution in [3.63, 3.8) is 0 Å². The number of hydrogen-bond donors (Lipinski definition) is 2. The monoisotopic (exact) mass is 282 g/mol. The first-order valence-electron chi connectivity index (χ1n) is 5.59. The molecule has 0 fully saturated rings. The van der Waals surface area contributed by atoms with Gasteiger partial charge in [-0.1, -0.05) is 0 Å². The summed E-state index contributed by atoms with van der Waals surface area (Å²) in [4.78, 5) is 7.80. The van der Waals surface area contributed by atoms with Crippen molar-refractivity contribution in [3.05, 3.63) is 36.7 Å². The number of nitrogens with one attached hydrogen (secondary N) is 1. The Labute approximate surface area is 110 Å². The van der Waals surface area contributed by atoms with Gasteiger partial charge in [-0.2, -0.15) is 5.10 Å². The Bertz CT molecular complexity index is 624. The number of hydrogen-bond acceptors (Lipinski definition) is 6. The van der Waals surface area contributed by atoms with E-state index in [1.807, 2.05) is 0 Å². The second kappa shape index (κ2) is 5.87. The molecule has 0 spiro atoms. The van der Waals surface area contributed by atoms with Crippen molar-refractivity contribution in [3.8, 4) is 0 Å². The Morgan fingerprint density at radius 1 is 1.42 bits per heavy atom. The van der Waals surface area contributed by atoms with Gasteiger partial charge >= 0.3 is 0 Å². The summed E-state index contributed by atoms with van der Waals surface area (Å²) in [5.41, 5.74) is 5.96. The Hall–Kier alpha value is -1.84. The van der Waals surface area contributed by atoms with Crippen molar-refractivity contribution < 1.29 is 8.42 Å². The van der Waals surface area contributed by atoms with Crippen LogP contribution in [0.2, 0.25) is 0 Å². The lowest BCUT2D eigenvalue weighted by molar-refractivity contribution is 0.579.